The molecular weight excluding hydrogens is 352 g/mol. The molecule has 0 spiro atoms. The maximum atomic E-state index is 9.47. The molecule has 6 heteroatoms. The Bertz CT molecular complexity index is 891. The smallest absolute Gasteiger partial charge is 0.138 e. The van der Waals surface area contributed by atoms with Crippen molar-refractivity contribution in [2.45, 2.75) is 33.4 Å². The monoisotopic (exact) mass is 374 g/mol. The fourth-order valence-corrected chi connectivity index (χ4v) is 3.09. The van der Waals surface area contributed by atoms with Gasteiger partial charge in [-0.25, -0.2) is 0 Å². The van der Waals surface area contributed by atoms with Gasteiger partial charge in [0.15, 0.2) is 0 Å². The second-order valence-corrected chi connectivity index (χ2v) is 6.51. The van der Waals surface area contributed by atoms with Crippen molar-refractivity contribution in [1.29, 1.82) is 0 Å². The van der Waals surface area contributed by atoms with Gasteiger partial charge >= 0.3 is 0 Å². The van der Waals surface area contributed by atoms with Crippen molar-refractivity contribution in [1.82, 2.24) is 9.55 Å². The predicted molar refractivity (Wildman–Crippen MR) is 103 cm³/mol. The minimum Gasteiger partial charge on any atom is -0.496 e. The Labute approximate surface area is 158 Å². The van der Waals surface area contributed by atoms with Gasteiger partial charge in [0.05, 0.1) is 31.5 Å². The number of hydrogen-bond donors (Lipinski definition) is 2. The number of methoxy groups -OCH3 is 1. The molecule has 2 heterocycles. The van der Waals surface area contributed by atoms with E-state index in [1.165, 1.54) is 0 Å². The van der Waals surface area contributed by atoms with Crippen molar-refractivity contribution in [2.24, 2.45) is 0 Å². The van der Waals surface area contributed by atoms with Crippen LogP contribution < -0.4 is 4.74 Å². The molecule has 1 atom stereocenters. The summed E-state index contributed by atoms with van der Waals surface area (Å²) in [5, 5.41) is 18.8. The van der Waals surface area contributed by atoms with E-state index in [1.807, 2.05) is 31.5 Å². The summed E-state index contributed by atoms with van der Waals surface area (Å²) in [5.41, 5.74) is 5.11. The molecule has 26 heavy (non-hydrogen) atoms. The normalized spacial score (nSPS) is 11.7. The first kappa shape index (κ1) is 20.1. The molecule has 2 rings (SSSR count). The summed E-state index contributed by atoms with van der Waals surface area (Å²) >= 11 is 6.16. The summed E-state index contributed by atoms with van der Waals surface area (Å²) in [5.74, 6) is 6.29. The van der Waals surface area contributed by atoms with E-state index < -0.39 is 12.7 Å². The Morgan fingerprint density at radius 3 is 2.69 bits per heavy atom. The molecule has 2 aromatic heterocycles. The van der Waals surface area contributed by atoms with Crippen LogP contribution in [0.5, 0.6) is 5.75 Å². The van der Waals surface area contributed by atoms with Gasteiger partial charge < -0.3 is 19.5 Å². The van der Waals surface area contributed by atoms with Crippen LogP contribution >= 0.6 is 11.6 Å². The van der Waals surface area contributed by atoms with E-state index in [1.54, 1.807) is 13.3 Å². The number of ether oxygens (including phenoxy) is 1. The van der Waals surface area contributed by atoms with Crippen LogP contribution in [0.1, 0.15) is 33.6 Å². The highest BCUT2D eigenvalue weighted by atomic mass is 35.5. The maximum absolute atomic E-state index is 9.47. The predicted octanol–water partition coefficient (Wildman–Crippen LogP) is 2.78. The van der Waals surface area contributed by atoms with E-state index in [9.17, 15) is 5.11 Å². The number of aryl methyl sites for hydroxylation is 1. The Hall–Kier alpha value is -2.26. The molecule has 0 amide bonds. The van der Waals surface area contributed by atoms with Gasteiger partial charge in [-0.05, 0) is 20.8 Å². The van der Waals surface area contributed by atoms with Gasteiger partial charge in [-0.3, -0.25) is 4.98 Å². The first-order valence-corrected chi connectivity index (χ1v) is 8.51. The number of halogens is 1. The van der Waals surface area contributed by atoms with E-state index in [-0.39, 0.29) is 0 Å². The van der Waals surface area contributed by atoms with Crippen LogP contribution in [0.25, 0.3) is 5.03 Å². The SMILES string of the molecule is C=C(Cl)c1c(C#C[C@@H](O)CO)cn(Cc2ncc(C)c(OC)c2C)c1C. The van der Waals surface area contributed by atoms with Gasteiger partial charge in [0.1, 0.15) is 11.9 Å². The highest BCUT2D eigenvalue weighted by Gasteiger charge is 2.16. The van der Waals surface area contributed by atoms with Crippen molar-refractivity contribution in [3.63, 3.8) is 0 Å². The molecule has 0 aliphatic heterocycles. The van der Waals surface area contributed by atoms with Crippen molar-refractivity contribution >= 4 is 16.6 Å². The Kier molecular flexibility index (Phi) is 6.49. The maximum Gasteiger partial charge on any atom is 0.138 e. The van der Waals surface area contributed by atoms with Crippen molar-refractivity contribution in [3.8, 4) is 17.6 Å². The molecular formula is C20H23ClN2O3. The second kappa shape index (κ2) is 8.41. The third-order valence-corrected chi connectivity index (χ3v) is 4.42. The molecule has 0 unspecified atom stereocenters. The molecule has 0 aliphatic rings. The van der Waals surface area contributed by atoms with E-state index in [0.717, 1.165) is 33.8 Å². The van der Waals surface area contributed by atoms with Crippen molar-refractivity contribution < 1.29 is 14.9 Å². The lowest BCUT2D eigenvalue weighted by molar-refractivity contribution is 0.138. The fourth-order valence-electron chi connectivity index (χ4n) is 2.86. The number of nitrogens with zero attached hydrogens (tertiary/aromatic N) is 2. The first-order valence-electron chi connectivity index (χ1n) is 8.14. The first-order chi connectivity index (χ1) is 12.3. The lowest BCUT2D eigenvalue weighted by Crippen LogP contribution is -2.07. The lowest BCUT2D eigenvalue weighted by atomic mass is 10.1. The summed E-state index contributed by atoms with van der Waals surface area (Å²) < 4.78 is 7.46. The molecule has 0 saturated carbocycles. The molecule has 0 fully saturated rings. The third kappa shape index (κ3) is 4.10. The van der Waals surface area contributed by atoms with E-state index in [2.05, 4.69) is 23.4 Å². The Balaban J connectivity index is 2.48. The number of rotatable bonds is 5. The van der Waals surface area contributed by atoms with Gasteiger partial charge in [0, 0.05) is 39.8 Å². The fraction of sp³-hybridized carbons (Fsp3) is 0.350. The quantitative estimate of drug-likeness (QED) is 0.790. The number of aliphatic hydroxyl groups is 2. The molecule has 0 bridgehead atoms. The van der Waals surface area contributed by atoms with E-state index in [0.29, 0.717) is 17.1 Å². The van der Waals surface area contributed by atoms with E-state index in [4.69, 9.17) is 21.4 Å². The van der Waals surface area contributed by atoms with Crippen molar-refractivity contribution in [2.75, 3.05) is 13.7 Å². The summed E-state index contributed by atoms with van der Waals surface area (Å²) in [6.45, 7) is 9.78. The summed E-state index contributed by atoms with van der Waals surface area (Å²) in [6.07, 6.45) is 2.54. The molecule has 5 nitrogen and oxygen atoms in total. The molecule has 0 saturated heterocycles. The van der Waals surface area contributed by atoms with Gasteiger partial charge in [0.2, 0.25) is 0 Å². The van der Waals surface area contributed by atoms with Crippen molar-refractivity contribution in [3.05, 3.63) is 52.6 Å². The average Bonchev–Trinajstić information content (AvgIpc) is 2.91. The summed E-state index contributed by atoms with van der Waals surface area (Å²) in [7, 11) is 1.65. The zero-order valence-electron chi connectivity index (χ0n) is 15.4. The van der Waals surface area contributed by atoms with Gasteiger partial charge in [-0.1, -0.05) is 30.0 Å². The summed E-state index contributed by atoms with van der Waals surface area (Å²) in [4.78, 5) is 4.53. The molecule has 0 aliphatic carbocycles. The topological polar surface area (TPSA) is 67.5 Å². The van der Waals surface area contributed by atoms with Crippen LogP contribution in [0.15, 0.2) is 19.0 Å². The van der Waals surface area contributed by atoms with Crippen LogP contribution in [0.2, 0.25) is 0 Å². The van der Waals surface area contributed by atoms with Crippen LogP contribution in [0.3, 0.4) is 0 Å². The molecule has 2 aromatic rings. The molecule has 2 N–H and O–H groups in total. The summed E-state index contributed by atoms with van der Waals surface area (Å²) in [6, 6.07) is 0. The molecule has 0 aromatic carbocycles. The number of aromatic nitrogens is 2. The van der Waals surface area contributed by atoms with Crippen LogP contribution in [-0.2, 0) is 6.54 Å². The lowest BCUT2D eigenvalue weighted by Gasteiger charge is -2.13. The Morgan fingerprint density at radius 1 is 1.42 bits per heavy atom. The zero-order chi connectivity index (χ0) is 19.4. The largest absolute Gasteiger partial charge is 0.496 e. The third-order valence-electron chi connectivity index (χ3n) is 4.23. The highest BCUT2D eigenvalue weighted by Crippen LogP contribution is 2.29. The second-order valence-electron chi connectivity index (χ2n) is 6.05. The molecule has 138 valence electrons. The minimum absolute atomic E-state index is 0.371. The van der Waals surface area contributed by atoms with Gasteiger partial charge in [-0.2, -0.15) is 0 Å². The highest BCUT2D eigenvalue weighted by molar-refractivity contribution is 6.48. The standard InChI is InChI=1S/C20H23ClN2O3/c1-12-8-22-18(13(2)20(12)26-5)10-23-9-16(6-7-17(25)11-24)19(14(3)21)15(23)4/h8-9,17,24-25H,3,10-11H2,1-2,4-5H3/t17-/m1/s1. The zero-order valence-corrected chi connectivity index (χ0v) is 16.2. The minimum atomic E-state index is -1.10. The van der Waals surface area contributed by atoms with Gasteiger partial charge in [0.25, 0.3) is 0 Å². The van der Waals surface area contributed by atoms with Crippen LogP contribution in [-0.4, -0.2) is 39.6 Å². The van der Waals surface area contributed by atoms with Crippen LogP contribution in [0, 0.1) is 32.6 Å². The number of aliphatic hydroxyl groups excluding tert-OH is 2. The van der Waals surface area contributed by atoms with Gasteiger partial charge in [-0.15, -0.1) is 0 Å². The Morgan fingerprint density at radius 2 is 2.12 bits per heavy atom. The van der Waals surface area contributed by atoms with E-state index >= 15 is 0 Å². The number of pyridine rings is 1. The molecule has 0 radical (unpaired) electrons. The average molecular weight is 375 g/mol. The van der Waals surface area contributed by atoms with Crippen LogP contribution in [0.4, 0.5) is 0 Å². The number of hydrogen-bond acceptors (Lipinski definition) is 4.